The van der Waals surface area contributed by atoms with Crippen molar-refractivity contribution in [3.05, 3.63) is 52.5 Å². The van der Waals surface area contributed by atoms with Gasteiger partial charge in [0.15, 0.2) is 0 Å². The van der Waals surface area contributed by atoms with Gasteiger partial charge in [-0.15, -0.1) is 11.3 Å². The molecule has 0 saturated carbocycles. The van der Waals surface area contributed by atoms with Crippen LogP contribution < -0.4 is 0 Å². The molecule has 24 heavy (non-hydrogen) atoms. The fourth-order valence-corrected chi connectivity index (χ4v) is 3.99. The maximum atomic E-state index is 12.1. The summed E-state index contributed by atoms with van der Waals surface area (Å²) in [7, 11) is 0. The molecule has 1 aromatic carbocycles. The van der Waals surface area contributed by atoms with Crippen LogP contribution in [-0.4, -0.2) is 34.1 Å². The fraction of sp³-hybridized carbons (Fsp3) is 0.235. The predicted octanol–water partition coefficient (Wildman–Crippen LogP) is 3.29. The van der Waals surface area contributed by atoms with Crippen LogP contribution >= 0.6 is 23.1 Å². The first-order chi connectivity index (χ1) is 11.7. The van der Waals surface area contributed by atoms with Gasteiger partial charge in [-0.2, -0.15) is 0 Å². The van der Waals surface area contributed by atoms with Crippen LogP contribution in [0.5, 0.6) is 0 Å². The Morgan fingerprint density at radius 1 is 1.38 bits per heavy atom. The SMILES string of the molecule is CCOC(=O)/C=C1\SCC(=O)N1Cc1csc(-c2ccccc2)n1. The number of carbonyl (C=O) groups excluding carboxylic acids is 2. The topological polar surface area (TPSA) is 59.5 Å². The van der Waals surface area contributed by atoms with Crippen molar-refractivity contribution in [3.8, 4) is 10.6 Å². The molecule has 1 saturated heterocycles. The molecular weight excluding hydrogens is 344 g/mol. The molecule has 5 nitrogen and oxygen atoms in total. The Bertz CT molecular complexity index is 771. The molecule has 1 aliphatic heterocycles. The minimum absolute atomic E-state index is 0.0233. The Morgan fingerprint density at radius 2 is 2.17 bits per heavy atom. The summed E-state index contributed by atoms with van der Waals surface area (Å²) in [5.41, 5.74) is 1.86. The highest BCUT2D eigenvalue weighted by atomic mass is 32.2. The van der Waals surface area contributed by atoms with Crippen molar-refractivity contribution >= 4 is 35.0 Å². The van der Waals surface area contributed by atoms with E-state index in [0.717, 1.165) is 16.3 Å². The minimum atomic E-state index is -0.428. The van der Waals surface area contributed by atoms with E-state index in [2.05, 4.69) is 4.98 Å². The molecule has 124 valence electrons. The largest absolute Gasteiger partial charge is 0.463 e. The average molecular weight is 360 g/mol. The highest BCUT2D eigenvalue weighted by molar-refractivity contribution is 8.04. The molecule has 0 unspecified atom stereocenters. The summed E-state index contributed by atoms with van der Waals surface area (Å²) in [6.07, 6.45) is 1.38. The number of rotatable bonds is 5. The molecule has 0 atom stereocenters. The molecule has 1 fully saturated rings. The number of aromatic nitrogens is 1. The van der Waals surface area contributed by atoms with Gasteiger partial charge in [-0.1, -0.05) is 42.1 Å². The number of benzene rings is 1. The van der Waals surface area contributed by atoms with Gasteiger partial charge in [-0.25, -0.2) is 9.78 Å². The Labute approximate surface area is 148 Å². The maximum Gasteiger partial charge on any atom is 0.333 e. The van der Waals surface area contributed by atoms with Crippen molar-refractivity contribution in [3.63, 3.8) is 0 Å². The second kappa shape index (κ2) is 7.63. The van der Waals surface area contributed by atoms with Gasteiger partial charge in [0.2, 0.25) is 5.91 Å². The monoisotopic (exact) mass is 360 g/mol. The van der Waals surface area contributed by atoms with Crippen LogP contribution in [0.4, 0.5) is 0 Å². The minimum Gasteiger partial charge on any atom is -0.463 e. The zero-order valence-corrected chi connectivity index (χ0v) is 14.7. The molecule has 0 bridgehead atoms. The van der Waals surface area contributed by atoms with Gasteiger partial charge in [0.25, 0.3) is 0 Å². The maximum absolute atomic E-state index is 12.1. The van der Waals surface area contributed by atoms with Crippen LogP contribution in [0.1, 0.15) is 12.6 Å². The van der Waals surface area contributed by atoms with E-state index in [0.29, 0.717) is 23.9 Å². The van der Waals surface area contributed by atoms with Crippen molar-refractivity contribution in [2.75, 3.05) is 12.4 Å². The van der Waals surface area contributed by atoms with Crippen molar-refractivity contribution < 1.29 is 14.3 Å². The zero-order chi connectivity index (χ0) is 16.9. The number of ether oxygens (including phenoxy) is 1. The van der Waals surface area contributed by atoms with E-state index >= 15 is 0 Å². The number of esters is 1. The molecule has 1 aromatic heterocycles. The van der Waals surface area contributed by atoms with E-state index in [1.165, 1.54) is 17.8 Å². The second-order valence-corrected chi connectivity index (χ2v) is 6.87. The quantitative estimate of drug-likeness (QED) is 0.605. The smallest absolute Gasteiger partial charge is 0.333 e. The van der Waals surface area contributed by atoms with E-state index < -0.39 is 5.97 Å². The summed E-state index contributed by atoms with van der Waals surface area (Å²) in [6.45, 7) is 2.43. The van der Waals surface area contributed by atoms with Gasteiger partial charge in [-0.05, 0) is 6.92 Å². The Hall–Kier alpha value is -2.12. The number of hydrogen-bond acceptors (Lipinski definition) is 6. The van der Waals surface area contributed by atoms with Crippen LogP contribution in [0.25, 0.3) is 10.6 Å². The molecule has 7 heteroatoms. The van der Waals surface area contributed by atoms with Gasteiger partial charge >= 0.3 is 5.97 Å². The molecule has 2 aromatic rings. The van der Waals surface area contributed by atoms with Gasteiger partial charge in [0.05, 0.1) is 35.7 Å². The number of nitrogens with zero attached hydrogens (tertiary/aromatic N) is 2. The number of thiazole rings is 1. The van der Waals surface area contributed by atoms with Crippen LogP contribution in [-0.2, 0) is 20.9 Å². The average Bonchev–Trinajstić information content (AvgIpc) is 3.18. The Morgan fingerprint density at radius 3 is 2.92 bits per heavy atom. The summed E-state index contributed by atoms with van der Waals surface area (Å²) >= 11 is 2.89. The lowest BCUT2D eigenvalue weighted by Crippen LogP contribution is -2.24. The molecule has 0 spiro atoms. The standard InChI is InChI=1S/C17H16N2O3S2/c1-2-22-16(21)8-15-19(14(20)11-23-15)9-13-10-24-17(18-13)12-6-4-3-5-7-12/h3-8,10H,2,9,11H2,1H3/b15-8-. The molecule has 1 aliphatic rings. The first-order valence-electron chi connectivity index (χ1n) is 7.49. The van der Waals surface area contributed by atoms with Crippen molar-refractivity contribution in [2.45, 2.75) is 13.5 Å². The number of hydrogen-bond donors (Lipinski definition) is 0. The third-order valence-corrected chi connectivity index (χ3v) is 5.30. The first-order valence-corrected chi connectivity index (χ1v) is 9.35. The van der Waals surface area contributed by atoms with Gasteiger partial charge in [0.1, 0.15) is 5.01 Å². The van der Waals surface area contributed by atoms with Crippen LogP contribution in [0.15, 0.2) is 46.8 Å². The summed E-state index contributed by atoms with van der Waals surface area (Å²) in [5.74, 6) is -0.117. The molecule has 2 heterocycles. The zero-order valence-electron chi connectivity index (χ0n) is 13.1. The van der Waals surface area contributed by atoms with E-state index in [4.69, 9.17) is 4.74 Å². The third-order valence-electron chi connectivity index (χ3n) is 3.33. The predicted molar refractivity (Wildman–Crippen MR) is 95.3 cm³/mol. The molecule has 0 N–H and O–H groups in total. The lowest BCUT2D eigenvalue weighted by atomic mass is 10.2. The number of thioether (sulfide) groups is 1. The molecule has 3 rings (SSSR count). The fourth-order valence-electron chi connectivity index (χ4n) is 2.24. The Kier molecular flexibility index (Phi) is 5.32. The first kappa shape index (κ1) is 16.7. The highest BCUT2D eigenvalue weighted by Gasteiger charge is 2.28. The summed E-state index contributed by atoms with van der Waals surface area (Å²) in [5, 5.41) is 3.48. The normalized spacial score (nSPS) is 16.0. The van der Waals surface area contributed by atoms with Crippen LogP contribution in [0, 0.1) is 0 Å². The summed E-state index contributed by atoms with van der Waals surface area (Å²) in [4.78, 5) is 29.9. The van der Waals surface area contributed by atoms with Crippen LogP contribution in [0.3, 0.4) is 0 Å². The molecule has 1 amide bonds. The van der Waals surface area contributed by atoms with Crippen molar-refractivity contribution in [1.82, 2.24) is 9.88 Å². The van der Waals surface area contributed by atoms with Gasteiger partial charge in [-0.3, -0.25) is 9.69 Å². The van der Waals surface area contributed by atoms with Crippen molar-refractivity contribution in [2.24, 2.45) is 0 Å². The van der Waals surface area contributed by atoms with Gasteiger partial charge < -0.3 is 4.74 Å². The van der Waals surface area contributed by atoms with E-state index in [-0.39, 0.29) is 5.91 Å². The van der Waals surface area contributed by atoms with E-state index in [1.54, 1.807) is 23.2 Å². The molecule has 0 radical (unpaired) electrons. The highest BCUT2D eigenvalue weighted by Crippen LogP contribution is 2.31. The molecular formula is C17H16N2O3S2. The lowest BCUT2D eigenvalue weighted by Gasteiger charge is -2.15. The van der Waals surface area contributed by atoms with Crippen LogP contribution in [0.2, 0.25) is 0 Å². The lowest BCUT2D eigenvalue weighted by molar-refractivity contribution is -0.137. The summed E-state index contributed by atoms with van der Waals surface area (Å²) in [6, 6.07) is 9.91. The van der Waals surface area contributed by atoms with E-state index in [9.17, 15) is 9.59 Å². The Balaban J connectivity index is 1.75. The summed E-state index contributed by atoms with van der Waals surface area (Å²) < 4.78 is 4.92. The number of amides is 1. The van der Waals surface area contributed by atoms with Gasteiger partial charge in [0, 0.05) is 10.9 Å². The number of carbonyl (C=O) groups is 2. The molecule has 0 aliphatic carbocycles. The van der Waals surface area contributed by atoms with E-state index in [1.807, 2.05) is 35.7 Å². The second-order valence-electron chi connectivity index (χ2n) is 5.01. The third kappa shape index (κ3) is 3.85. The van der Waals surface area contributed by atoms with Crippen molar-refractivity contribution in [1.29, 1.82) is 0 Å².